The molecule has 9 nitrogen and oxygen atoms in total. The lowest BCUT2D eigenvalue weighted by molar-refractivity contribution is -0.128. The molecule has 2 rings (SSSR count). The van der Waals surface area contributed by atoms with Crippen molar-refractivity contribution in [3.63, 3.8) is 0 Å². The van der Waals surface area contributed by atoms with Crippen molar-refractivity contribution in [1.82, 2.24) is 14.9 Å². The van der Waals surface area contributed by atoms with E-state index in [1.54, 1.807) is 6.92 Å². The van der Waals surface area contributed by atoms with Crippen LogP contribution >= 0.6 is 0 Å². The number of carbonyl (C=O) groups excluding carboxylic acids is 2. The second-order valence-electron chi connectivity index (χ2n) is 5.51. The number of aldehydes is 1. The molecule has 27 heavy (non-hydrogen) atoms. The molecule has 1 aliphatic heterocycles. The topological polar surface area (TPSA) is 105 Å². The standard InChI is InChI=1S/C14H22N4O2.C3H6O2.CH4O/c1-13-11-15-14(16-12-13)18-5-3-17(4-6-18)7-10-20-9-2-8-19;1-2-5-3-4;1-2/h8,11-12H,2-7,9-10H2,1H3;3H,2H2,1H3;2H,1H3. The molecule has 1 fully saturated rings. The molecule has 0 radical (unpaired) electrons. The average molecular weight is 384 g/mol. The largest absolute Gasteiger partial charge is 0.468 e. The Hall–Kier alpha value is -2.10. The molecule has 9 heteroatoms. The van der Waals surface area contributed by atoms with Gasteiger partial charge in [-0.05, 0) is 19.4 Å². The molecule has 154 valence electrons. The van der Waals surface area contributed by atoms with Crippen LogP contribution in [0.25, 0.3) is 0 Å². The molecular formula is C18H32N4O5. The van der Waals surface area contributed by atoms with E-state index in [9.17, 15) is 9.59 Å². The number of aryl methyl sites for hydroxylation is 1. The van der Waals surface area contributed by atoms with Gasteiger partial charge in [-0.15, -0.1) is 0 Å². The number of ether oxygens (including phenoxy) is 2. The molecule has 0 saturated carbocycles. The Morgan fingerprint density at radius 1 is 1.11 bits per heavy atom. The van der Waals surface area contributed by atoms with E-state index in [4.69, 9.17) is 9.84 Å². The lowest BCUT2D eigenvalue weighted by Gasteiger charge is -2.34. The van der Waals surface area contributed by atoms with Gasteiger partial charge in [-0.25, -0.2) is 9.97 Å². The van der Waals surface area contributed by atoms with Gasteiger partial charge in [-0.2, -0.15) is 0 Å². The third-order valence-electron chi connectivity index (χ3n) is 3.59. The first-order chi connectivity index (χ1) is 13.2. The maximum Gasteiger partial charge on any atom is 0.293 e. The summed E-state index contributed by atoms with van der Waals surface area (Å²) in [5.74, 6) is 0.817. The number of piperazine rings is 1. The van der Waals surface area contributed by atoms with Gasteiger partial charge in [0.25, 0.3) is 6.47 Å². The number of hydrogen-bond acceptors (Lipinski definition) is 9. The van der Waals surface area contributed by atoms with Crippen LogP contribution in [0.2, 0.25) is 0 Å². The molecule has 0 amide bonds. The van der Waals surface area contributed by atoms with Gasteiger partial charge in [0.1, 0.15) is 6.29 Å². The summed E-state index contributed by atoms with van der Waals surface area (Å²) in [7, 11) is 1.00. The first kappa shape index (κ1) is 24.9. The summed E-state index contributed by atoms with van der Waals surface area (Å²) >= 11 is 0. The number of aromatic nitrogens is 2. The first-order valence-electron chi connectivity index (χ1n) is 8.98. The fourth-order valence-electron chi connectivity index (χ4n) is 2.22. The summed E-state index contributed by atoms with van der Waals surface area (Å²) in [4.78, 5) is 32.6. The molecule has 1 N–H and O–H groups in total. The first-order valence-corrected chi connectivity index (χ1v) is 8.98. The van der Waals surface area contributed by atoms with Gasteiger partial charge in [-0.3, -0.25) is 9.69 Å². The van der Waals surface area contributed by atoms with Gasteiger partial charge < -0.3 is 24.3 Å². The average Bonchev–Trinajstić information content (AvgIpc) is 2.72. The summed E-state index contributed by atoms with van der Waals surface area (Å²) in [6.45, 7) is 10.7. The van der Waals surface area contributed by atoms with Crippen molar-refractivity contribution in [3.05, 3.63) is 18.0 Å². The van der Waals surface area contributed by atoms with E-state index in [1.165, 1.54) is 0 Å². The molecule has 0 atom stereocenters. The van der Waals surface area contributed by atoms with Crippen molar-refractivity contribution in [3.8, 4) is 0 Å². The maximum absolute atomic E-state index is 10.2. The molecule has 0 unspecified atom stereocenters. The van der Waals surface area contributed by atoms with E-state index in [1.807, 2.05) is 19.3 Å². The van der Waals surface area contributed by atoms with Crippen LogP contribution in [-0.4, -0.2) is 92.4 Å². The molecule has 2 heterocycles. The van der Waals surface area contributed by atoms with Gasteiger partial charge in [0.2, 0.25) is 5.95 Å². The minimum absolute atomic E-state index is 0.431. The number of anilines is 1. The van der Waals surface area contributed by atoms with E-state index in [2.05, 4.69) is 24.5 Å². The summed E-state index contributed by atoms with van der Waals surface area (Å²) in [6.07, 6.45) is 5.09. The SMILES string of the molecule is CCOC=O.CO.Cc1cnc(N2CCN(CCOCCC=O)CC2)nc1. The van der Waals surface area contributed by atoms with Crippen LogP contribution < -0.4 is 4.90 Å². The lowest BCUT2D eigenvalue weighted by Crippen LogP contribution is -2.47. The van der Waals surface area contributed by atoms with Crippen LogP contribution in [0.15, 0.2) is 12.4 Å². The second-order valence-corrected chi connectivity index (χ2v) is 5.51. The summed E-state index contributed by atoms with van der Waals surface area (Å²) in [6, 6.07) is 0. The van der Waals surface area contributed by atoms with Gasteiger partial charge in [-0.1, -0.05) is 0 Å². The molecule has 1 saturated heterocycles. The highest BCUT2D eigenvalue weighted by Gasteiger charge is 2.18. The Labute approximate surface area is 161 Å². The molecule has 0 spiro atoms. The van der Waals surface area contributed by atoms with Crippen molar-refractivity contribution >= 4 is 18.7 Å². The monoisotopic (exact) mass is 384 g/mol. The molecule has 0 aromatic carbocycles. The highest BCUT2D eigenvalue weighted by Crippen LogP contribution is 2.10. The molecule has 0 aliphatic carbocycles. The zero-order chi connectivity index (χ0) is 20.3. The Bertz CT molecular complexity index is 479. The van der Waals surface area contributed by atoms with Crippen molar-refractivity contribution in [2.24, 2.45) is 0 Å². The zero-order valence-corrected chi connectivity index (χ0v) is 16.5. The Balaban J connectivity index is 0.000000838. The number of rotatable bonds is 9. The predicted octanol–water partition coefficient (Wildman–Crippen LogP) is 0.300. The van der Waals surface area contributed by atoms with Crippen molar-refractivity contribution in [2.75, 3.05) is 64.6 Å². The van der Waals surface area contributed by atoms with Crippen LogP contribution in [0.4, 0.5) is 5.95 Å². The van der Waals surface area contributed by atoms with E-state index in [0.29, 0.717) is 32.7 Å². The van der Waals surface area contributed by atoms with Gasteiger partial charge in [0.15, 0.2) is 0 Å². The van der Waals surface area contributed by atoms with Crippen molar-refractivity contribution in [1.29, 1.82) is 0 Å². The van der Waals surface area contributed by atoms with Crippen LogP contribution in [0.5, 0.6) is 0 Å². The van der Waals surface area contributed by atoms with Gasteiger partial charge in [0, 0.05) is 58.6 Å². The van der Waals surface area contributed by atoms with Crippen LogP contribution in [0.1, 0.15) is 18.9 Å². The van der Waals surface area contributed by atoms with E-state index >= 15 is 0 Å². The molecule has 1 aromatic rings. The number of nitrogens with zero attached hydrogens (tertiary/aromatic N) is 4. The Kier molecular flexibility index (Phi) is 16.0. The minimum Gasteiger partial charge on any atom is -0.468 e. The molecule has 1 aromatic heterocycles. The fourth-order valence-corrected chi connectivity index (χ4v) is 2.22. The maximum atomic E-state index is 10.2. The fraction of sp³-hybridized carbons (Fsp3) is 0.667. The van der Waals surface area contributed by atoms with Crippen LogP contribution in [0, 0.1) is 6.92 Å². The Morgan fingerprint density at radius 2 is 1.74 bits per heavy atom. The third-order valence-corrected chi connectivity index (χ3v) is 3.59. The zero-order valence-electron chi connectivity index (χ0n) is 16.5. The summed E-state index contributed by atoms with van der Waals surface area (Å²) in [5.41, 5.74) is 1.08. The molecular weight excluding hydrogens is 352 g/mol. The number of aliphatic hydroxyl groups excluding tert-OH is 1. The van der Waals surface area contributed by atoms with Crippen molar-refractivity contribution < 1.29 is 24.2 Å². The van der Waals surface area contributed by atoms with Crippen molar-refractivity contribution in [2.45, 2.75) is 20.3 Å². The molecule has 1 aliphatic rings. The predicted molar refractivity (Wildman–Crippen MR) is 103 cm³/mol. The van der Waals surface area contributed by atoms with Gasteiger partial charge in [0.05, 0.1) is 19.8 Å². The second kappa shape index (κ2) is 17.3. The van der Waals surface area contributed by atoms with E-state index < -0.39 is 0 Å². The summed E-state index contributed by atoms with van der Waals surface area (Å²) < 4.78 is 9.54. The number of carbonyl (C=O) groups is 2. The smallest absolute Gasteiger partial charge is 0.293 e. The van der Waals surface area contributed by atoms with Crippen LogP contribution in [0.3, 0.4) is 0 Å². The normalized spacial score (nSPS) is 13.6. The van der Waals surface area contributed by atoms with Gasteiger partial charge >= 0.3 is 0 Å². The lowest BCUT2D eigenvalue weighted by atomic mass is 10.3. The number of aliphatic hydroxyl groups is 1. The van der Waals surface area contributed by atoms with E-state index in [0.717, 1.165) is 57.6 Å². The Morgan fingerprint density at radius 3 is 2.22 bits per heavy atom. The molecule has 0 bridgehead atoms. The summed E-state index contributed by atoms with van der Waals surface area (Å²) in [5, 5.41) is 7.00. The minimum atomic E-state index is 0.431. The highest BCUT2D eigenvalue weighted by molar-refractivity contribution is 5.49. The number of hydrogen-bond donors (Lipinski definition) is 1. The highest BCUT2D eigenvalue weighted by atomic mass is 16.5. The van der Waals surface area contributed by atoms with Crippen LogP contribution in [-0.2, 0) is 19.1 Å². The van der Waals surface area contributed by atoms with E-state index in [-0.39, 0.29) is 0 Å². The third kappa shape index (κ3) is 12.0. The quantitative estimate of drug-likeness (QED) is 0.475.